The Morgan fingerprint density at radius 2 is 1.17 bits per heavy atom. The second-order valence-corrected chi connectivity index (χ2v) is 11.8. The monoisotopic (exact) mass is 603 g/mol. The van der Waals surface area contributed by atoms with Crippen LogP contribution in [-0.2, 0) is 17.0 Å². The van der Waals surface area contributed by atoms with Gasteiger partial charge in [0.2, 0.25) is 0 Å². The number of aryl methyl sites for hydroxylation is 1. The number of unbranched alkanes of at least 4 members (excludes halogenated alkanes) is 15. The van der Waals surface area contributed by atoms with Crippen LogP contribution in [0.2, 0.25) is 0 Å². The Morgan fingerprint density at radius 1 is 0.690 bits per heavy atom. The highest BCUT2D eigenvalue weighted by Crippen LogP contribution is 2.23. The minimum atomic E-state index is -0.346. The van der Waals surface area contributed by atoms with Gasteiger partial charge in [-0.05, 0) is 79.6 Å². The second kappa shape index (κ2) is 26.6. The molecule has 0 spiro atoms. The number of hydrogen-bond acceptors (Lipinski definition) is 4. The van der Waals surface area contributed by atoms with Crippen molar-refractivity contribution in [1.82, 2.24) is 6.15 Å². The molecule has 4 N–H and O–H groups in total. The molecule has 240 valence electrons. The quantitative estimate of drug-likeness (QED) is 0.0844. The van der Waals surface area contributed by atoms with E-state index in [1.807, 2.05) is 6.92 Å². The minimum Gasteiger partial charge on any atom is -0.508 e. The number of phenolic OH excluding ortho intramolecular Hbond substituents is 1. The number of halogens is 1. The van der Waals surface area contributed by atoms with Crippen LogP contribution in [0.15, 0.2) is 36.4 Å². The molecule has 42 heavy (non-hydrogen) atoms. The van der Waals surface area contributed by atoms with Gasteiger partial charge in [-0.1, -0.05) is 122 Å². The molecule has 0 fully saturated rings. The number of carbonyl (C=O) groups is 1. The zero-order valence-electron chi connectivity index (χ0n) is 27.5. The zero-order chi connectivity index (χ0) is 30.1. The molecule has 5 heteroatoms. The summed E-state index contributed by atoms with van der Waals surface area (Å²) >= 11 is 6.13. The lowest BCUT2D eigenvalue weighted by atomic mass is 9.94. The lowest BCUT2D eigenvalue weighted by Gasteiger charge is -2.13. The van der Waals surface area contributed by atoms with E-state index in [-0.39, 0.29) is 17.9 Å². The molecule has 0 aliphatic rings. The molecule has 0 amide bonds. The molecule has 0 heterocycles. The van der Waals surface area contributed by atoms with E-state index in [0.29, 0.717) is 18.1 Å². The van der Waals surface area contributed by atoms with Crippen LogP contribution in [0.5, 0.6) is 5.75 Å². The molecule has 0 radical (unpaired) electrons. The first-order chi connectivity index (χ1) is 19.9. The maximum atomic E-state index is 11.2. The van der Waals surface area contributed by atoms with Crippen molar-refractivity contribution in [3.8, 4) is 5.75 Å². The predicted octanol–water partition coefficient (Wildman–Crippen LogP) is 12.0. The molecule has 0 saturated carbocycles. The van der Waals surface area contributed by atoms with E-state index >= 15 is 0 Å². The molecule has 0 aromatic heterocycles. The van der Waals surface area contributed by atoms with Crippen LogP contribution >= 0.6 is 11.6 Å². The molecule has 0 unspecified atom stereocenters. The molecule has 2 rings (SSSR count). The Hall–Kier alpha value is -2.04. The molecule has 0 atom stereocenters. The van der Waals surface area contributed by atoms with E-state index in [9.17, 15) is 4.79 Å². The van der Waals surface area contributed by atoms with Gasteiger partial charge < -0.3 is 16.0 Å². The van der Waals surface area contributed by atoms with Crippen molar-refractivity contribution in [2.75, 3.05) is 6.61 Å². The molecule has 4 nitrogen and oxygen atoms in total. The fourth-order valence-electron chi connectivity index (χ4n) is 5.13. The van der Waals surface area contributed by atoms with Gasteiger partial charge in [0, 0.05) is 5.88 Å². The van der Waals surface area contributed by atoms with Gasteiger partial charge in [-0.3, -0.25) is 0 Å². The Balaban J connectivity index is 0.00000100. The van der Waals surface area contributed by atoms with Crippen molar-refractivity contribution < 1.29 is 14.6 Å². The maximum Gasteiger partial charge on any atom is 0.338 e. The van der Waals surface area contributed by atoms with Crippen molar-refractivity contribution in [2.24, 2.45) is 0 Å². The third-order valence-corrected chi connectivity index (χ3v) is 8.22. The zero-order valence-corrected chi connectivity index (χ0v) is 28.2. The largest absolute Gasteiger partial charge is 0.508 e. The molecule has 0 aliphatic heterocycles. The number of aromatic hydroxyl groups is 1. The van der Waals surface area contributed by atoms with Crippen molar-refractivity contribution in [3.05, 3.63) is 64.2 Å². The van der Waals surface area contributed by atoms with Crippen molar-refractivity contribution in [3.63, 3.8) is 0 Å². The van der Waals surface area contributed by atoms with Crippen molar-refractivity contribution in [2.45, 2.75) is 149 Å². The van der Waals surface area contributed by atoms with Gasteiger partial charge >= 0.3 is 5.97 Å². The van der Waals surface area contributed by atoms with Crippen LogP contribution < -0.4 is 6.15 Å². The molecule has 2 aromatic carbocycles. The number of hydrogen-bond donors (Lipinski definition) is 2. The van der Waals surface area contributed by atoms with E-state index in [1.165, 1.54) is 156 Å². The third-order valence-electron chi connectivity index (χ3n) is 7.93. The molecular formula is C37H62ClNO3. The second-order valence-electron chi connectivity index (χ2n) is 11.5. The van der Waals surface area contributed by atoms with Crippen LogP contribution in [0.3, 0.4) is 0 Å². The number of alkyl halides is 1. The summed E-state index contributed by atoms with van der Waals surface area (Å²) < 4.78 is 4.90. The van der Waals surface area contributed by atoms with Crippen LogP contribution in [0.4, 0.5) is 0 Å². The summed E-state index contributed by atoms with van der Waals surface area (Å²) in [5.74, 6) is 0.448. The summed E-state index contributed by atoms with van der Waals surface area (Å²) in [6.45, 7) is 9.13. The van der Waals surface area contributed by atoms with Gasteiger partial charge in [-0.15, -0.1) is 11.6 Å². The highest BCUT2D eigenvalue weighted by atomic mass is 35.5. The highest BCUT2D eigenvalue weighted by Gasteiger charge is 2.07. The summed E-state index contributed by atoms with van der Waals surface area (Å²) in [6.07, 6.45) is 24.9. The molecular weight excluding hydrogens is 542 g/mol. The van der Waals surface area contributed by atoms with E-state index in [0.717, 1.165) is 6.42 Å². The van der Waals surface area contributed by atoms with Crippen LogP contribution in [0, 0.1) is 13.8 Å². The summed E-state index contributed by atoms with van der Waals surface area (Å²) in [7, 11) is 0. The van der Waals surface area contributed by atoms with Gasteiger partial charge in [-0.2, -0.15) is 0 Å². The van der Waals surface area contributed by atoms with E-state index in [2.05, 4.69) is 32.9 Å². The Morgan fingerprint density at radius 3 is 1.62 bits per heavy atom. The molecule has 2 aromatic rings. The van der Waals surface area contributed by atoms with Gasteiger partial charge in [0.05, 0.1) is 12.2 Å². The SMILES string of the molecule is CCCCCCCCCCCCCCCCCCc1c(CCl)ccc(C)c1C.CCCOC(=O)c1ccc(O)cc1.N. The third kappa shape index (κ3) is 18.5. The molecule has 0 aliphatic carbocycles. The van der Waals surface area contributed by atoms with Gasteiger partial charge in [0.15, 0.2) is 0 Å². The van der Waals surface area contributed by atoms with Gasteiger partial charge in [0.1, 0.15) is 5.75 Å². The minimum absolute atomic E-state index is 0. The summed E-state index contributed by atoms with van der Waals surface area (Å²) in [5.41, 5.74) is 6.18. The number of benzene rings is 2. The average molecular weight is 604 g/mol. The maximum absolute atomic E-state index is 11.2. The smallest absolute Gasteiger partial charge is 0.338 e. The lowest BCUT2D eigenvalue weighted by molar-refractivity contribution is 0.0505. The Kier molecular flexibility index (Phi) is 25.3. The first-order valence-electron chi connectivity index (χ1n) is 16.5. The Bertz CT molecular complexity index is 929. The number of rotatable bonds is 21. The summed E-state index contributed by atoms with van der Waals surface area (Å²) in [5, 5.41) is 8.96. The standard InChI is InChI=1S/C27H47Cl.C10H12O3.H3N/c1-4-5-6-7-8-9-10-11-12-13-14-15-16-17-18-19-20-27-25(3)24(2)21-22-26(27)23-28;1-2-7-13-10(12)8-3-5-9(11)6-4-8;/h21-22H,4-20,23H2,1-3H3;3-6,11H,2,7H2,1H3;1H3. The van der Waals surface area contributed by atoms with Crippen LogP contribution in [0.25, 0.3) is 0 Å². The number of esters is 1. The highest BCUT2D eigenvalue weighted by molar-refractivity contribution is 6.17. The fraction of sp³-hybridized carbons (Fsp3) is 0.649. The van der Waals surface area contributed by atoms with E-state index in [1.54, 1.807) is 0 Å². The first-order valence-corrected chi connectivity index (χ1v) is 17.1. The summed E-state index contributed by atoms with van der Waals surface area (Å²) in [6, 6.07) is 10.4. The molecule has 0 bridgehead atoms. The van der Waals surface area contributed by atoms with Crippen LogP contribution in [0.1, 0.15) is 156 Å². The van der Waals surface area contributed by atoms with Crippen molar-refractivity contribution in [1.29, 1.82) is 0 Å². The number of ether oxygens (including phenoxy) is 1. The van der Waals surface area contributed by atoms with E-state index in [4.69, 9.17) is 21.4 Å². The van der Waals surface area contributed by atoms with E-state index < -0.39 is 0 Å². The summed E-state index contributed by atoms with van der Waals surface area (Å²) in [4.78, 5) is 11.2. The predicted molar refractivity (Wildman–Crippen MR) is 182 cm³/mol. The average Bonchev–Trinajstić information content (AvgIpc) is 2.98. The number of phenols is 1. The molecule has 0 saturated heterocycles. The topological polar surface area (TPSA) is 81.5 Å². The van der Waals surface area contributed by atoms with Gasteiger partial charge in [0.25, 0.3) is 0 Å². The van der Waals surface area contributed by atoms with Crippen LogP contribution in [-0.4, -0.2) is 17.7 Å². The van der Waals surface area contributed by atoms with Crippen molar-refractivity contribution >= 4 is 17.6 Å². The fourth-order valence-corrected chi connectivity index (χ4v) is 5.38. The first kappa shape index (κ1) is 40.0. The Labute approximate surface area is 263 Å². The normalized spacial score (nSPS) is 10.5. The number of carbonyl (C=O) groups excluding carboxylic acids is 1. The van der Waals surface area contributed by atoms with Gasteiger partial charge in [-0.25, -0.2) is 4.79 Å². The lowest BCUT2D eigenvalue weighted by Crippen LogP contribution is -2.05.